The molecule has 152 valence electrons. The van der Waals surface area contributed by atoms with Crippen molar-refractivity contribution in [1.82, 2.24) is 0 Å². The van der Waals surface area contributed by atoms with Crippen LogP contribution < -0.4 is 4.74 Å². The van der Waals surface area contributed by atoms with Crippen molar-refractivity contribution >= 4 is 11.7 Å². The minimum absolute atomic E-state index is 0.0993. The normalized spacial score (nSPS) is 21.2. The van der Waals surface area contributed by atoms with Crippen LogP contribution in [-0.4, -0.2) is 36.8 Å². The van der Waals surface area contributed by atoms with Crippen molar-refractivity contribution in [3.05, 3.63) is 82.4 Å². The summed E-state index contributed by atoms with van der Waals surface area (Å²) in [6.45, 7) is 3.88. The van der Waals surface area contributed by atoms with E-state index in [0.29, 0.717) is 6.42 Å². The van der Waals surface area contributed by atoms with Crippen molar-refractivity contribution in [3.63, 3.8) is 0 Å². The maximum atomic E-state index is 12.4. The van der Waals surface area contributed by atoms with Crippen LogP contribution in [0, 0.1) is 10.1 Å². The Morgan fingerprint density at radius 1 is 1.24 bits per heavy atom. The Morgan fingerprint density at radius 3 is 2.52 bits per heavy atom. The third kappa shape index (κ3) is 4.98. The van der Waals surface area contributed by atoms with Gasteiger partial charge in [0, 0.05) is 17.7 Å². The summed E-state index contributed by atoms with van der Waals surface area (Å²) >= 11 is 0. The number of methoxy groups -OCH3 is 1. The molecule has 29 heavy (non-hydrogen) atoms. The van der Waals surface area contributed by atoms with E-state index in [1.807, 2.05) is 24.3 Å². The molecule has 0 saturated carbocycles. The highest BCUT2D eigenvalue weighted by atomic mass is 16.7. The van der Waals surface area contributed by atoms with E-state index in [4.69, 9.17) is 18.9 Å². The van der Waals surface area contributed by atoms with Crippen LogP contribution in [0.25, 0.3) is 0 Å². The van der Waals surface area contributed by atoms with E-state index in [2.05, 4.69) is 6.58 Å². The largest absolute Gasteiger partial charge is 0.497 e. The third-order valence-corrected chi connectivity index (χ3v) is 4.48. The zero-order chi connectivity index (χ0) is 20.8. The van der Waals surface area contributed by atoms with Gasteiger partial charge in [0.25, 0.3) is 5.69 Å². The van der Waals surface area contributed by atoms with Crippen molar-refractivity contribution in [2.75, 3.05) is 13.7 Å². The zero-order valence-corrected chi connectivity index (χ0v) is 15.9. The number of ether oxygens (including phenoxy) is 4. The topological polar surface area (TPSA) is 97.1 Å². The molecule has 1 aliphatic heterocycles. The van der Waals surface area contributed by atoms with Gasteiger partial charge in [-0.2, -0.15) is 0 Å². The molecule has 8 heteroatoms. The number of nitrogens with zero attached hydrogens (tertiary/aromatic N) is 1. The summed E-state index contributed by atoms with van der Waals surface area (Å²) < 4.78 is 22.4. The van der Waals surface area contributed by atoms with Gasteiger partial charge in [-0.3, -0.25) is 10.1 Å². The van der Waals surface area contributed by atoms with Gasteiger partial charge in [-0.25, -0.2) is 4.79 Å². The lowest BCUT2D eigenvalue weighted by molar-refractivity contribution is -0.384. The zero-order valence-electron chi connectivity index (χ0n) is 15.9. The number of hydrogen-bond acceptors (Lipinski definition) is 7. The number of non-ortho nitro benzene ring substituents is 1. The Labute approximate surface area is 167 Å². The van der Waals surface area contributed by atoms with E-state index in [0.717, 1.165) is 11.3 Å². The van der Waals surface area contributed by atoms with E-state index >= 15 is 0 Å². The van der Waals surface area contributed by atoms with Crippen molar-refractivity contribution in [2.24, 2.45) is 0 Å². The molecule has 2 aromatic carbocycles. The van der Waals surface area contributed by atoms with Gasteiger partial charge in [0.05, 0.1) is 24.2 Å². The van der Waals surface area contributed by atoms with Crippen molar-refractivity contribution < 1.29 is 28.7 Å². The molecule has 1 saturated heterocycles. The van der Waals surface area contributed by atoms with E-state index in [9.17, 15) is 14.9 Å². The number of hydrogen-bond donors (Lipinski definition) is 0. The smallest absolute Gasteiger partial charge is 0.338 e. The Kier molecular flexibility index (Phi) is 6.58. The number of esters is 1. The van der Waals surface area contributed by atoms with Crippen molar-refractivity contribution in [1.29, 1.82) is 0 Å². The number of rotatable bonds is 7. The van der Waals surface area contributed by atoms with Crippen LogP contribution in [0.1, 0.15) is 28.6 Å². The molecule has 0 aromatic heterocycles. The fourth-order valence-electron chi connectivity index (χ4n) is 2.92. The van der Waals surface area contributed by atoms with Gasteiger partial charge >= 0.3 is 5.97 Å². The Hall–Kier alpha value is -3.23. The number of carbonyl (C=O) groups is 1. The summed E-state index contributed by atoms with van der Waals surface area (Å²) in [5.74, 6) is 0.121. The number of benzene rings is 2. The van der Waals surface area contributed by atoms with Gasteiger partial charge in [-0.1, -0.05) is 18.2 Å². The highest BCUT2D eigenvalue weighted by Gasteiger charge is 2.35. The second-order valence-corrected chi connectivity index (χ2v) is 6.39. The first kappa shape index (κ1) is 20.5. The molecule has 0 amide bonds. The van der Waals surface area contributed by atoms with Crippen LogP contribution in [0.3, 0.4) is 0 Å². The maximum absolute atomic E-state index is 12.4. The summed E-state index contributed by atoms with van der Waals surface area (Å²) in [4.78, 5) is 22.6. The van der Waals surface area contributed by atoms with Crippen LogP contribution >= 0.6 is 0 Å². The number of nitro benzene ring substituents is 1. The highest BCUT2D eigenvalue weighted by Crippen LogP contribution is 2.30. The molecule has 0 bridgehead atoms. The third-order valence-electron chi connectivity index (χ3n) is 4.48. The molecule has 0 spiro atoms. The van der Waals surface area contributed by atoms with E-state index in [1.165, 1.54) is 24.3 Å². The van der Waals surface area contributed by atoms with Gasteiger partial charge in [0.1, 0.15) is 11.9 Å². The van der Waals surface area contributed by atoms with Gasteiger partial charge in [0.15, 0.2) is 12.4 Å². The standard InChI is InChI=1S/C21H21NO7/c1-3-4-18-19(28-20(23)14-5-9-16(10-6-14)22(24)25)13-27-21(29-18)15-7-11-17(26-2)12-8-15/h3,5-12,18-19,21H,1,4,13H2,2H3/t18-,19+,21?/m0/s1. The lowest BCUT2D eigenvalue weighted by Gasteiger charge is -2.35. The summed E-state index contributed by atoms with van der Waals surface area (Å²) in [6, 6.07) is 12.5. The molecule has 2 aromatic rings. The molecule has 1 aliphatic rings. The summed E-state index contributed by atoms with van der Waals surface area (Å²) in [7, 11) is 1.59. The molecule has 8 nitrogen and oxygen atoms in total. The fraction of sp³-hybridized carbons (Fsp3) is 0.286. The molecule has 3 rings (SSSR count). The van der Waals surface area contributed by atoms with Gasteiger partial charge < -0.3 is 18.9 Å². The second-order valence-electron chi connectivity index (χ2n) is 6.39. The molecule has 0 radical (unpaired) electrons. The van der Waals surface area contributed by atoms with Crippen molar-refractivity contribution in [3.8, 4) is 5.75 Å². The minimum atomic E-state index is -0.634. The van der Waals surface area contributed by atoms with Crippen LogP contribution in [0.15, 0.2) is 61.2 Å². The summed E-state index contributed by atoms with van der Waals surface area (Å²) in [6.07, 6.45) is 0.489. The molecule has 0 aliphatic carbocycles. The van der Waals surface area contributed by atoms with E-state index in [-0.39, 0.29) is 17.9 Å². The summed E-state index contributed by atoms with van der Waals surface area (Å²) in [5.41, 5.74) is 0.933. The first-order chi connectivity index (χ1) is 14.0. The number of nitro groups is 1. The minimum Gasteiger partial charge on any atom is -0.497 e. The predicted octanol–water partition coefficient (Wildman–Crippen LogP) is 3.82. The number of carbonyl (C=O) groups excluding carboxylic acids is 1. The average Bonchev–Trinajstić information content (AvgIpc) is 2.75. The first-order valence-corrected chi connectivity index (χ1v) is 8.99. The monoisotopic (exact) mass is 399 g/mol. The Bertz CT molecular complexity index is 864. The molecule has 1 unspecified atom stereocenters. The fourth-order valence-corrected chi connectivity index (χ4v) is 2.92. The Morgan fingerprint density at radius 2 is 1.93 bits per heavy atom. The van der Waals surface area contributed by atoms with Gasteiger partial charge in [-0.15, -0.1) is 6.58 Å². The Balaban J connectivity index is 1.66. The highest BCUT2D eigenvalue weighted by molar-refractivity contribution is 5.89. The summed E-state index contributed by atoms with van der Waals surface area (Å²) in [5, 5.41) is 10.7. The quantitative estimate of drug-likeness (QED) is 0.302. The second kappa shape index (κ2) is 9.31. The molecule has 3 atom stereocenters. The average molecular weight is 399 g/mol. The van der Waals surface area contributed by atoms with E-state index < -0.39 is 29.4 Å². The molecule has 1 heterocycles. The SMILES string of the molecule is C=CC[C@@H]1OC(c2ccc(OC)cc2)OC[C@H]1OC(=O)c1ccc([N+](=O)[O-])cc1. The predicted molar refractivity (Wildman–Crippen MR) is 104 cm³/mol. The van der Waals surface area contributed by atoms with Crippen LogP contribution in [0.2, 0.25) is 0 Å². The van der Waals surface area contributed by atoms with Crippen LogP contribution in [-0.2, 0) is 14.2 Å². The van der Waals surface area contributed by atoms with Crippen LogP contribution in [0.4, 0.5) is 5.69 Å². The molecule has 0 N–H and O–H groups in total. The van der Waals surface area contributed by atoms with Crippen LogP contribution in [0.5, 0.6) is 5.75 Å². The molecular formula is C21H21NO7. The first-order valence-electron chi connectivity index (χ1n) is 8.99. The molecule has 1 fully saturated rings. The van der Waals surface area contributed by atoms with Gasteiger partial charge in [-0.05, 0) is 30.7 Å². The van der Waals surface area contributed by atoms with E-state index in [1.54, 1.807) is 13.2 Å². The van der Waals surface area contributed by atoms with Gasteiger partial charge in [0.2, 0.25) is 0 Å². The maximum Gasteiger partial charge on any atom is 0.338 e. The lowest BCUT2D eigenvalue weighted by atomic mass is 10.1. The van der Waals surface area contributed by atoms with Crippen molar-refractivity contribution in [2.45, 2.75) is 24.9 Å². The lowest BCUT2D eigenvalue weighted by Crippen LogP contribution is -2.43. The molecular weight excluding hydrogens is 378 g/mol.